The SMILES string of the molecule is Cc1nc(Nc2cccc(C(=O)Nc3ccc(SC#N)cc3)c2)cc(-c2ccccc2)n1. The molecule has 0 bridgehead atoms. The van der Waals surface area contributed by atoms with Gasteiger partial charge in [-0.3, -0.25) is 4.79 Å². The van der Waals surface area contributed by atoms with Crippen molar-refractivity contribution in [2.45, 2.75) is 11.8 Å². The number of nitriles is 1. The lowest BCUT2D eigenvalue weighted by Gasteiger charge is -2.11. The zero-order chi connectivity index (χ0) is 22.3. The van der Waals surface area contributed by atoms with E-state index in [1.807, 2.05) is 60.9 Å². The molecular formula is C25H19N5OS. The van der Waals surface area contributed by atoms with Gasteiger partial charge in [-0.15, -0.1) is 0 Å². The fourth-order valence-electron chi connectivity index (χ4n) is 3.14. The Balaban J connectivity index is 1.50. The monoisotopic (exact) mass is 437 g/mol. The molecule has 0 unspecified atom stereocenters. The quantitative estimate of drug-likeness (QED) is 0.283. The average molecular weight is 438 g/mol. The largest absolute Gasteiger partial charge is 0.340 e. The molecular weight excluding hydrogens is 418 g/mol. The number of hydrogen-bond donors (Lipinski definition) is 2. The van der Waals surface area contributed by atoms with Crippen LogP contribution < -0.4 is 10.6 Å². The van der Waals surface area contributed by atoms with Crippen molar-refractivity contribution in [1.82, 2.24) is 9.97 Å². The number of aryl methyl sites for hydroxylation is 1. The average Bonchev–Trinajstić information content (AvgIpc) is 2.81. The number of benzene rings is 3. The van der Waals surface area contributed by atoms with Crippen molar-refractivity contribution >= 4 is 34.9 Å². The summed E-state index contributed by atoms with van der Waals surface area (Å²) >= 11 is 1.08. The summed E-state index contributed by atoms with van der Waals surface area (Å²) in [5.74, 6) is 1.08. The van der Waals surface area contributed by atoms with Gasteiger partial charge in [0.1, 0.15) is 17.0 Å². The summed E-state index contributed by atoms with van der Waals surface area (Å²) in [5, 5.41) is 16.9. The van der Waals surface area contributed by atoms with Crippen molar-refractivity contribution in [1.29, 1.82) is 5.26 Å². The van der Waals surface area contributed by atoms with E-state index >= 15 is 0 Å². The fraction of sp³-hybridized carbons (Fsp3) is 0.0400. The third-order valence-electron chi connectivity index (χ3n) is 4.58. The summed E-state index contributed by atoms with van der Waals surface area (Å²) in [6, 6.07) is 26.1. The van der Waals surface area contributed by atoms with Crippen LogP contribution in [-0.4, -0.2) is 15.9 Å². The maximum absolute atomic E-state index is 12.7. The topological polar surface area (TPSA) is 90.7 Å². The van der Waals surface area contributed by atoms with Crippen molar-refractivity contribution in [2.24, 2.45) is 0 Å². The molecule has 7 heteroatoms. The van der Waals surface area contributed by atoms with E-state index in [0.717, 1.165) is 33.6 Å². The molecule has 1 heterocycles. The Kier molecular flexibility index (Phi) is 6.44. The van der Waals surface area contributed by atoms with Crippen LogP contribution in [0.15, 0.2) is 89.8 Å². The molecule has 0 aliphatic heterocycles. The molecule has 0 saturated carbocycles. The van der Waals surface area contributed by atoms with Crippen LogP contribution >= 0.6 is 11.8 Å². The highest BCUT2D eigenvalue weighted by Crippen LogP contribution is 2.23. The van der Waals surface area contributed by atoms with Crippen LogP contribution in [0.3, 0.4) is 0 Å². The van der Waals surface area contributed by atoms with Crippen LogP contribution in [0, 0.1) is 17.6 Å². The first-order valence-electron chi connectivity index (χ1n) is 9.86. The number of carbonyl (C=O) groups is 1. The third-order valence-corrected chi connectivity index (χ3v) is 5.18. The molecule has 0 radical (unpaired) electrons. The summed E-state index contributed by atoms with van der Waals surface area (Å²) in [6.45, 7) is 1.85. The number of hydrogen-bond acceptors (Lipinski definition) is 6. The Hall–Kier alpha value is -4.15. The number of nitrogens with zero attached hydrogens (tertiary/aromatic N) is 3. The predicted octanol–water partition coefficient (Wildman–Crippen LogP) is 6.02. The summed E-state index contributed by atoms with van der Waals surface area (Å²) < 4.78 is 0. The van der Waals surface area contributed by atoms with Crippen molar-refractivity contribution in [3.05, 3.63) is 96.3 Å². The summed E-state index contributed by atoms with van der Waals surface area (Å²) in [7, 11) is 0. The summed E-state index contributed by atoms with van der Waals surface area (Å²) in [4.78, 5) is 22.5. The second kappa shape index (κ2) is 9.77. The molecule has 4 aromatic rings. The molecule has 0 spiro atoms. The third kappa shape index (κ3) is 5.31. The molecule has 0 fully saturated rings. The lowest BCUT2D eigenvalue weighted by Crippen LogP contribution is -2.12. The smallest absolute Gasteiger partial charge is 0.255 e. The van der Waals surface area contributed by atoms with Gasteiger partial charge in [0.15, 0.2) is 0 Å². The minimum absolute atomic E-state index is 0.224. The molecule has 2 N–H and O–H groups in total. The van der Waals surface area contributed by atoms with Crippen LogP contribution in [0.2, 0.25) is 0 Å². The highest BCUT2D eigenvalue weighted by atomic mass is 32.2. The van der Waals surface area contributed by atoms with Gasteiger partial charge < -0.3 is 10.6 Å². The van der Waals surface area contributed by atoms with Gasteiger partial charge in [-0.25, -0.2) is 9.97 Å². The minimum Gasteiger partial charge on any atom is -0.340 e. The maximum Gasteiger partial charge on any atom is 0.255 e. The molecule has 156 valence electrons. The molecule has 0 aliphatic rings. The second-order valence-electron chi connectivity index (χ2n) is 6.93. The number of aromatic nitrogens is 2. The predicted molar refractivity (Wildman–Crippen MR) is 128 cm³/mol. The number of carbonyl (C=O) groups excluding carboxylic acids is 1. The molecule has 6 nitrogen and oxygen atoms in total. The zero-order valence-electron chi connectivity index (χ0n) is 17.2. The Morgan fingerprint density at radius 1 is 0.906 bits per heavy atom. The molecule has 0 atom stereocenters. The highest BCUT2D eigenvalue weighted by molar-refractivity contribution is 8.03. The fourth-order valence-corrected chi connectivity index (χ4v) is 3.51. The molecule has 4 rings (SSSR count). The summed E-state index contributed by atoms with van der Waals surface area (Å²) in [5.41, 5.74) is 3.76. The van der Waals surface area contributed by atoms with Crippen LogP contribution in [0.4, 0.5) is 17.2 Å². The van der Waals surface area contributed by atoms with Gasteiger partial charge in [0, 0.05) is 33.5 Å². The Labute approximate surface area is 190 Å². The standard InChI is InChI=1S/C25H19N5OS/c1-17-27-23(18-6-3-2-4-7-18)15-24(28-17)29-21-9-5-8-19(14-21)25(31)30-20-10-12-22(13-11-20)32-16-26/h2-15H,1H3,(H,30,31)(H,27,28,29). The van der Waals surface area contributed by atoms with Crippen molar-refractivity contribution in [3.8, 4) is 16.7 Å². The van der Waals surface area contributed by atoms with Gasteiger partial charge in [-0.1, -0.05) is 36.4 Å². The van der Waals surface area contributed by atoms with E-state index in [4.69, 9.17) is 5.26 Å². The van der Waals surface area contributed by atoms with E-state index in [2.05, 4.69) is 20.6 Å². The number of thioether (sulfide) groups is 1. The van der Waals surface area contributed by atoms with Gasteiger partial charge in [-0.2, -0.15) is 5.26 Å². The molecule has 0 aliphatic carbocycles. The normalized spacial score (nSPS) is 10.2. The zero-order valence-corrected chi connectivity index (χ0v) is 18.1. The Bertz CT molecular complexity index is 1280. The number of anilines is 3. The lowest BCUT2D eigenvalue weighted by molar-refractivity contribution is 0.102. The molecule has 1 amide bonds. The number of thiocyanates is 1. The lowest BCUT2D eigenvalue weighted by atomic mass is 10.1. The van der Waals surface area contributed by atoms with Gasteiger partial charge in [-0.05, 0) is 61.2 Å². The van der Waals surface area contributed by atoms with Crippen LogP contribution in [-0.2, 0) is 0 Å². The van der Waals surface area contributed by atoms with Gasteiger partial charge in [0.25, 0.3) is 5.91 Å². The second-order valence-corrected chi connectivity index (χ2v) is 7.79. The van der Waals surface area contributed by atoms with E-state index < -0.39 is 0 Å². The first kappa shape index (κ1) is 21.1. The number of nitrogens with one attached hydrogen (secondary N) is 2. The first-order valence-corrected chi connectivity index (χ1v) is 10.7. The maximum atomic E-state index is 12.7. The molecule has 3 aromatic carbocycles. The van der Waals surface area contributed by atoms with E-state index in [1.54, 1.807) is 36.4 Å². The van der Waals surface area contributed by atoms with E-state index in [9.17, 15) is 4.79 Å². The molecule has 32 heavy (non-hydrogen) atoms. The molecule has 1 aromatic heterocycles. The van der Waals surface area contributed by atoms with Gasteiger partial charge in [0.05, 0.1) is 5.69 Å². The minimum atomic E-state index is -0.224. The number of amides is 1. The van der Waals surface area contributed by atoms with Crippen LogP contribution in [0.5, 0.6) is 0 Å². The van der Waals surface area contributed by atoms with E-state index in [-0.39, 0.29) is 5.91 Å². The Morgan fingerprint density at radius 2 is 1.69 bits per heavy atom. The van der Waals surface area contributed by atoms with Gasteiger partial charge >= 0.3 is 0 Å². The highest BCUT2D eigenvalue weighted by Gasteiger charge is 2.09. The van der Waals surface area contributed by atoms with Crippen LogP contribution in [0.1, 0.15) is 16.2 Å². The Morgan fingerprint density at radius 3 is 2.44 bits per heavy atom. The van der Waals surface area contributed by atoms with Gasteiger partial charge in [0.2, 0.25) is 0 Å². The number of rotatable bonds is 6. The van der Waals surface area contributed by atoms with Crippen molar-refractivity contribution < 1.29 is 4.79 Å². The summed E-state index contributed by atoms with van der Waals surface area (Å²) in [6.07, 6.45) is 0. The van der Waals surface area contributed by atoms with Crippen molar-refractivity contribution in [3.63, 3.8) is 0 Å². The van der Waals surface area contributed by atoms with Crippen LogP contribution in [0.25, 0.3) is 11.3 Å². The van der Waals surface area contributed by atoms with E-state index in [0.29, 0.717) is 22.9 Å². The van der Waals surface area contributed by atoms with Crippen molar-refractivity contribution in [2.75, 3.05) is 10.6 Å². The van der Waals surface area contributed by atoms with E-state index in [1.165, 1.54) is 0 Å². The first-order chi connectivity index (χ1) is 15.6. The molecule has 0 saturated heterocycles.